The van der Waals surface area contributed by atoms with Crippen LogP contribution in [0.1, 0.15) is 11.3 Å². The molecule has 0 fully saturated rings. The number of aromatic nitrogens is 1. The van der Waals surface area contributed by atoms with Crippen LogP contribution in [0.3, 0.4) is 0 Å². The summed E-state index contributed by atoms with van der Waals surface area (Å²) in [7, 11) is 2.07. The Morgan fingerprint density at radius 2 is 2.10 bits per heavy atom. The van der Waals surface area contributed by atoms with Gasteiger partial charge >= 0.3 is 5.63 Å². The van der Waals surface area contributed by atoms with Crippen molar-refractivity contribution in [1.82, 2.24) is 9.88 Å². The average molecular weight is 281 g/mol. The molecular weight excluding hydrogens is 266 g/mol. The molecule has 2 N–H and O–H groups in total. The first-order valence-corrected chi connectivity index (χ1v) is 6.96. The van der Waals surface area contributed by atoms with Crippen molar-refractivity contribution in [2.75, 3.05) is 19.3 Å². The van der Waals surface area contributed by atoms with Crippen LogP contribution in [0, 0.1) is 0 Å². The number of benzene rings is 1. The number of pyridine rings is 1. The molecule has 1 aromatic carbocycles. The van der Waals surface area contributed by atoms with E-state index in [0.29, 0.717) is 11.0 Å². The number of likely N-dealkylation sites (N-methyl/N-ethyl adjacent to an activating group) is 1. The van der Waals surface area contributed by atoms with Gasteiger partial charge in [0.1, 0.15) is 16.8 Å². The number of nitrogens with zero attached hydrogens (tertiary/aromatic N) is 2. The molecule has 1 aliphatic heterocycles. The maximum Gasteiger partial charge on any atom is 0.347 e. The zero-order chi connectivity index (χ0) is 14.6. The van der Waals surface area contributed by atoms with Crippen LogP contribution in [-0.4, -0.2) is 23.5 Å². The molecule has 2 aromatic heterocycles. The summed E-state index contributed by atoms with van der Waals surface area (Å²) in [4.78, 5) is 18.9. The largest absolute Gasteiger partial charge is 0.422 e. The van der Waals surface area contributed by atoms with E-state index < -0.39 is 5.63 Å². The second-order valence-electron chi connectivity index (χ2n) is 5.55. The highest BCUT2D eigenvalue weighted by Crippen LogP contribution is 2.32. The first-order valence-electron chi connectivity index (χ1n) is 6.96. The van der Waals surface area contributed by atoms with Gasteiger partial charge in [-0.3, -0.25) is 0 Å². The zero-order valence-corrected chi connectivity index (χ0v) is 11.7. The SMILES string of the molecule is CN1CCc2nc(N)c3c(=O)oc4ccccc4c3c2C1. The Morgan fingerprint density at radius 3 is 2.95 bits per heavy atom. The summed E-state index contributed by atoms with van der Waals surface area (Å²) < 4.78 is 5.38. The number of nitrogens with two attached hydrogens (primary N) is 1. The number of anilines is 1. The number of nitrogen functional groups attached to an aromatic ring is 1. The van der Waals surface area contributed by atoms with Gasteiger partial charge in [-0.2, -0.15) is 0 Å². The van der Waals surface area contributed by atoms with Gasteiger partial charge in [0.05, 0.1) is 0 Å². The zero-order valence-electron chi connectivity index (χ0n) is 11.7. The second-order valence-corrected chi connectivity index (χ2v) is 5.55. The third-order valence-electron chi connectivity index (χ3n) is 4.13. The van der Waals surface area contributed by atoms with Crippen molar-refractivity contribution in [3.63, 3.8) is 0 Å². The van der Waals surface area contributed by atoms with Gasteiger partial charge in [0.25, 0.3) is 0 Å². The maximum absolute atomic E-state index is 12.3. The summed E-state index contributed by atoms with van der Waals surface area (Å²) in [6, 6.07) is 7.58. The number of fused-ring (bicyclic) bond motifs is 5. The molecule has 0 saturated carbocycles. The highest BCUT2D eigenvalue weighted by atomic mass is 16.4. The fourth-order valence-electron chi connectivity index (χ4n) is 3.13. The molecule has 0 unspecified atom stereocenters. The average Bonchev–Trinajstić information content (AvgIpc) is 2.47. The standard InChI is InChI=1S/C16H15N3O2/c1-19-7-6-11-10(8-19)13-9-4-2-3-5-12(9)21-16(20)14(13)15(17)18-11/h2-5H,6-8H2,1H3,(H2,17,18). The molecule has 106 valence electrons. The van der Waals surface area contributed by atoms with E-state index in [0.717, 1.165) is 41.5 Å². The first-order chi connectivity index (χ1) is 10.1. The van der Waals surface area contributed by atoms with Crippen LogP contribution in [0.4, 0.5) is 5.82 Å². The Hall–Kier alpha value is -2.40. The summed E-state index contributed by atoms with van der Waals surface area (Å²) in [6.45, 7) is 1.72. The number of para-hydroxylation sites is 1. The molecule has 0 aliphatic carbocycles. The summed E-state index contributed by atoms with van der Waals surface area (Å²) in [6.07, 6.45) is 0.848. The van der Waals surface area contributed by atoms with Crippen molar-refractivity contribution in [3.8, 4) is 0 Å². The van der Waals surface area contributed by atoms with Gasteiger partial charge in [0.2, 0.25) is 0 Å². The minimum absolute atomic E-state index is 0.271. The first kappa shape index (κ1) is 12.3. The van der Waals surface area contributed by atoms with Crippen LogP contribution >= 0.6 is 0 Å². The van der Waals surface area contributed by atoms with Crippen LogP contribution in [-0.2, 0) is 13.0 Å². The molecule has 5 nitrogen and oxygen atoms in total. The Bertz CT molecular complexity index is 930. The molecular formula is C16H15N3O2. The van der Waals surface area contributed by atoms with Gasteiger partial charge in [0.15, 0.2) is 0 Å². The van der Waals surface area contributed by atoms with Crippen molar-refractivity contribution in [1.29, 1.82) is 0 Å². The van der Waals surface area contributed by atoms with Gasteiger partial charge in [0, 0.05) is 36.0 Å². The lowest BCUT2D eigenvalue weighted by atomic mass is 9.97. The molecule has 0 bridgehead atoms. The van der Waals surface area contributed by atoms with E-state index in [1.54, 1.807) is 0 Å². The molecule has 3 heterocycles. The molecule has 0 radical (unpaired) electrons. The summed E-state index contributed by atoms with van der Waals surface area (Å²) >= 11 is 0. The summed E-state index contributed by atoms with van der Waals surface area (Å²) in [5.74, 6) is 0.271. The third-order valence-corrected chi connectivity index (χ3v) is 4.13. The molecule has 21 heavy (non-hydrogen) atoms. The summed E-state index contributed by atoms with van der Waals surface area (Å²) in [5.41, 5.74) is 8.29. The predicted molar refractivity (Wildman–Crippen MR) is 82.2 cm³/mol. The molecule has 3 aromatic rings. The normalized spacial score (nSPS) is 15.5. The minimum atomic E-state index is -0.412. The lowest BCUT2D eigenvalue weighted by Gasteiger charge is -2.26. The molecule has 0 saturated heterocycles. The van der Waals surface area contributed by atoms with Gasteiger partial charge < -0.3 is 15.1 Å². The maximum atomic E-state index is 12.3. The van der Waals surface area contributed by atoms with Gasteiger partial charge in [-0.15, -0.1) is 0 Å². The minimum Gasteiger partial charge on any atom is -0.422 e. The highest BCUT2D eigenvalue weighted by molar-refractivity contribution is 6.09. The second kappa shape index (κ2) is 4.30. The van der Waals surface area contributed by atoms with E-state index in [1.807, 2.05) is 24.3 Å². The Kier molecular flexibility index (Phi) is 2.53. The Morgan fingerprint density at radius 1 is 1.29 bits per heavy atom. The number of rotatable bonds is 0. The van der Waals surface area contributed by atoms with Crippen molar-refractivity contribution in [2.24, 2.45) is 0 Å². The fourth-order valence-corrected chi connectivity index (χ4v) is 3.13. The Balaban J connectivity index is 2.27. The van der Waals surface area contributed by atoms with Gasteiger partial charge in [-0.1, -0.05) is 18.2 Å². The molecule has 5 heteroatoms. The fraction of sp³-hybridized carbons (Fsp3) is 0.250. The molecule has 1 aliphatic rings. The molecule has 0 atom stereocenters. The van der Waals surface area contributed by atoms with Crippen molar-refractivity contribution in [2.45, 2.75) is 13.0 Å². The number of hydrogen-bond donors (Lipinski definition) is 1. The monoisotopic (exact) mass is 281 g/mol. The number of hydrogen-bond acceptors (Lipinski definition) is 5. The van der Waals surface area contributed by atoms with Crippen LogP contribution < -0.4 is 11.4 Å². The predicted octanol–water partition coefficient (Wildman–Crippen LogP) is 1.91. The molecule has 0 amide bonds. The van der Waals surface area contributed by atoms with Crippen LogP contribution in [0.5, 0.6) is 0 Å². The summed E-state index contributed by atoms with van der Waals surface area (Å²) in [5, 5.41) is 2.23. The third kappa shape index (κ3) is 1.74. The van der Waals surface area contributed by atoms with Gasteiger partial charge in [-0.05, 0) is 18.7 Å². The lowest BCUT2D eigenvalue weighted by molar-refractivity contribution is 0.312. The van der Waals surface area contributed by atoms with E-state index in [2.05, 4.69) is 16.9 Å². The smallest absolute Gasteiger partial charge is 0.347 e. The van der Waals surface area contributed by atoms with E-state index in [9.17, 15) is 4.79 Å². The lowest BCUT2D eigenvalue weighted by Crippen LogP contribution is -2.28. The Labute approximate surface area is 121 Å². The molecule has 0 spiro atoms. The van der Waals surface area contributed by atoms with Crippen molar-refractivity contribution in [3.05, 3.63) is 45.9 Å². The van der Waals surface area contributed by atoms with Crippen LogP contribution in [0.25, 0.3) is 21.7 Å². The van der Waals surface area contributed by atoms with Crippen molar-refractivity contribution < 1.29 is 4.42 Å². The van der Waals surface area contributed by atoms with Crippen LogP contribution in [0.2, 0.25) is 0 Å². The van der Waals surface area contributed by atoms with Gasteiger partial charge in [-0.25, -0.2) is 9.78 Å². The van der Waals surface area contributed by atoms with E-state index in [-0.39, 0.29) is 5.82 Å². The van der Waals surface area contributed by atoms with Crippen molar-refractivity contribution >= 4 is 27.6 Å². The quantitative estimate of drug-likeness (QED) is 0.503. The molecule has 4 rings (SSSR count). The highest BCUT2D eigenvalue weighted by Gasteiger charge is 2.22. The van der Waals surface area contributed by atoms with E-state index in [4.69, 9.17) is 10.2 Å². The van der Waals surface area contributed by atoms with E-state index in [1.165, 1.54) is 0 Å². The van der Waals surface area contributed by atoms with E-state index >= 15 is 0 Å². The topological polar surface area (TPSA) is 72.4 Å². The van der Waals surface area contributed by atoms with Crippen LogP contribution in [0.15, 0.2) is 33.5 Å².